The van der Waals surface area contributed by atoms with Gasteiger partial charge in [-0.2, -0.15) is 0 Å². The largest absolute Gasteiger partial charge is 0.378 e. The number of carbonyl (C=O) groups is 1. The number of para-hydroxylation sites is 1. The fourth-order valence-electron chi connectivity index (χ4n) is 2.77. The topological polar surface area (TPSA) is 41.6 Å². The molecule has 4 heteroatoms. The fraction of sp³-hybridized carbons (Fsp3) is 0.316. The summed E-state index contributed by atoms with van der Waals surface area (Å²) in [6, 6.07) is 20.0. The Labute approximate surface area is 137 Å². The van der Waals surface area contributed by atoms with Crippen molar-refractivity contribution in [1.82, 2.24) is 5.32 Å². The maximum Gasteiger partial charge on any atom is 0.228 e. The van der Waals surface area contributed by atoms with E-state index < -0.39 is 0 Å². The third-order valence-electron chi connectivity index (χ3n) is 3.97. The third kappa shape index (κ3) is 4.41. The molecule has 120 valence electrons. The van der Waals surface area contributed by atoms with Crippen molar-refractivity contribution < 1.29 is 9.53 Å². The Hall–Kier alpha value is -2.17. The molecule has 1 heterocycles. The lowest BCUT2D eigenvalue weighted by molar-refractivity contribution is -0.119. The molecule has 1 aliphatic heterocycles. The molecule has 1 N–H and O–H groups in total. The minimum Gasteiger partial charge on any atom is -0.378 e. The molecule has 1 unspecified atom stereocenters. The van der Waals surface area contributed by atoms with E-state index in [4.69, 9.17) is 4.74 Å². The van der Waals surface area contributed by atoms with Gasteiger partial charge in [-0.3, -0.25) is 4.79 Å². The normalized spacial score (nSPS) is 17.7. The van der Waals surface area contributed by atoms with Crippen LogP contribution in [0.5, 0.6) is 0 Å². The maximum atomic E-state index is 12.8. The molecule has 2 aromatic carbocycles. The summed E-state index contributed by atoms with van der Waals surface area (Å²) in [6.07, 6.45) is 0.446. The molecule has 0 radical (unpaired) electrons. The van der Waals surface area contributed by atoms with Gasteiger partial charge >= 0.3 is 0 Å². The van der Waals surface area contributed by atoms with Crippen molar-refractivity contribution in [1.29, 1.82) is 0 Å². The van der Waals surface area contributed by atoms with Crippen LogP contribution < -0.4 is 10.2 Å². The van der Waals surface area contributed by atoms with Crippen molar-refractivity contribution >= 4 is 11.6 Å². The number of ether oxygens (including phenoxy) is 1. The van der Waals surface area contributed by atoms with Crippen LogP contribution in [0.2, 0.25) is 0 Å². The first-order valence-corrected chi connectivity index (χ1v) is 8.03. The predicted molar refractivity (Wildman–Crippen MR) is 91.3 cm³/mol. The molecule has 0 aliphatic carbocycles. The molecular formula is C19H22N2O2. The first-order valence-electron chi connectivity index (χ1n) is 8.03. The van der Waals surface area contributed by atoms with Crippen LogP contribution in [0.15, 0.2) is 60.7 Å². The van der Waals surface area contributed by atoms with E-state index in [2.05, 4.69) is 5.32 Å². The van der Waals surface area contributed by atoms with Crippen molar-refractivity contribution in [2.45, 2.75) is 19.0 Å². The zero-order valence-corrected chi connectivity index (χ0v) is 13.2. The van der Waals surface area contributed by atoms with E-state index in [0.29, 0.717) is 19.6 Å². The van der Waals surface area contributed by atoms with Gasteiger partial charge in [-0.05, 0) is 17.7 Å². The molecule has 2 aromatic rings. The number of nitrogens with zero attached hydrogens (tertiary/aromatic N) is 1. The number of benzene rings is 2. The van der Waals surface area contributed by atoms with Gasteiger partial charge in [0.1, 0.15) is 0 Å². The summed E-state index contributed by atoms with van der Waals surface area (Å²) in [5.41, 5.74) is 2.05. The lowest BCUT2D eigenvalue weighted by atomic mass is 10.1. The van der Waals surface area contributed by atoms with E-state index in [1.165, 1.54) is 0 Å². The monoisotopic (exact) mass is 310 g/mol. The number of carbonyl (C=O) groups excluding carboxylic acids is 1. The van der Waals surface area contributed by atoms with Gasteiger partial charge in [-0.1, -0.05) is 48.5 Å². The number of hydrogen-bond acceptors (Lipinski definition) is 3. The first kappa shape index (κ1) is 15.7. The molecule has 3 rings (SSSR count). The molecule has 1 aliphatic rings. The average Bonchev–Trinajstić information content (AvgIpc) is 2.62. The second kappa shape index (κ2) is 7.90. The molecule has 4 nitrogen and oxygen atoms in total. The summed E-state index contributed by atoms with van der Waals surface area (Å²) < 4.78 is 5.45. The number of rotatable bonds is 5. The van der Waals surface area contributed by atoms with Crippen LogP contribution in [0.25, 0.3) is 0 Å². The van der Waals surface area contributed by atoms with Crippen LogP contribution in [0.4, 0.5) is 5.69 Å². The second-order valence-electron chi connectivity index (χ2n) is 5.73. The fourth-order valence-corrected chi connectivity index (χ4v) is 2.77. The first-order chi connectivity index (χ1) is 11.3. The lowest BCUT2D eigenvalue weighted by Crippen LogP contribution is -2.45. The van der Waals surface area contributed by atoms with Crippen molar-refractivity contribution in [2.24, 2.45) is 0 Å². The highest BCUT2D eigenvalue weighted by Gasteiger charge is 2.22. The van der Waals surface area contributed by atoms with Crippen molar-refractivity contribution in [3.05, 3.63) is 66.2 Å². The molecule has 0 saturated carbocycles. The van der Waals surface area contributed by atoms with E-state index >= 15 is 0 Å². The summed E-state index contributed by atoms with van der Waals surface area (Å²) >= 11 is 0. The number of morpholine rings is 1. The van der Waals surface area contributed by atoms with Gasteiger partial charge in [0.25, 0.3) is 0 Å². The van der Waals surface area contributed by atoms with E-state index in [-0.39, 0.29) is 11.9 Å². The highest BCUT2D eigenvalue weighted by molar-refractivity contribution is 5.93. The SMILES string of the molecule is O=C(CC1COCCN1)N(Cc1ccccc1)c1ccccc1. The molecular weight excluding hydrogens is 288 g/mol. The van der Waals surface area contributed by atoms with Gasteiger partial charge < -0.3 is 15.0 Å². The van der Waals surface area contributed by atoms with Crippen molar-refractivity contribution in [2.75, 3.05) is 24.7 Å². The van der Waals surface area contributed by atoms with Gasteiger partial charge in [0.05, 0.1) is 19.8 Å². The van der Waals surface area contributed by atoms with E-state index in [9.17, 15) is 4.79 Å². The minimum absolute atomic E-state index is 0.0956. The molecule has 0 aromatic heterocycles. The zero-order valence-electron chi connectivity index (χ0n) is 13.2. The van der Waals surface area contributed by atoms with E-state index in [1.54, 1.807) is 0 Å². The standard InChI is InChI=1S/C19H22N2O2/c22-19(13-17-15-23-12-11-20-17)21(18-9-5-2-6-10-18)14-16-7-3-1-4-8-16/h1-10,17,20H,11-15H2. The summed E-state index contributed by atoms with van der Waals surface area (Å²) in [5, 5.41) is 3.35. The smallest absolute Gasteiger partial charge is 0.228 e. The Morgan fingerprint density at radius 3 is 2.43 bits per heavy atom. The van der Waals surface area contributed by atoms with Gasteiger partial charge in [0, 0.05) is 24.7 Å². The van der Waals surface area contributed by atoms with Gasteiger partial charge in [-0.15, -0.1) is 0 Å². The van der Waals surface area contributed by atoms with Crippen LogP contribution in [-0.4, -0.2) is 31.7 Å². The van der Waals surface area contributed by atoms with Gasteiger partial charge in [-0.25, -0.2) is 0 Å². The Morgan fingerprint density at radius 2 is 1.78 bits per heavy atom. The van der Waals surface area contributed by atoms with Crippen LogP contribution >= 0.6 is 0 Å². The zero-order chi connectivity index (χ0) is 15.9. The van der Waals surface area contributed by atoms with Gasteiger partial charge in [0.2, 0.25) is 5.91 Å². The Bertz CT molecular complexity index is 610. The minimum atomic E-state index is 0.0956. The van der Waals surface area contributed by atoms with Crippen LogP contribution in [0.3, 0.4) is 0 Å². The summed E-state index contributed by atoms with van der Waals surface area (Å²) in [4.78, 5) is 14.7. The molecule has 0 bridgehead atoms. The van der Waals surface area contributed by atoms with Crippen LogP contribution in [0, 0.1) is 0 Å². The molecule has 1 atom stereocenters. The van der Waals surface area contributed by atoms with Crippen molar-refractivity contribution in [3.8, 4) is 0 Å². The highest BCUT2D eigenvalue weighted by atomic mass is 16.5. The van der Waals surface area contributed by atoms with Crippen LogP contribution in [-0.2, 0) is 16.1 Å². The number of amides is 1. The number of nitrogens with one attached hydrogen (secondary N) is 1. The quantitative estimate of drug-likeness (QED) is 0.923. The number of hydrogen-bond donors (Lipinski definition) is 1. The van der Waals surface area contributed by atoms with Crippen LogP contribution in [0.1, 0.15) is 12.0 Å². The summed E-state index contributed by atoms with van der Waals surface area (Å²) in [6.45, 7) is 2.70. The summed E-state index contributed by atoms with van der Waals surface area (Å²) in [5.74, 6) is 0.114. The molecule has 1 saturated heterocycles. The second-order valence-corrected chi connectivity index (χ2v) is 5.73. The summed E-state index contributed by atoms with van der Waals surface area (Å²) in [7, 11) is 0. The van der Waals surface area contributed by atoms with Crippen molar-refractivity contribution in [3.63, 3.8) is 0 Å². The molecule has 1 amide bonds. The molecule has 23 heavy (non-hydrogen) atoms. The highest BCUT2D eigenvalue weighted by Crippen LogP contribution is 2.19. The Balaban J connectivity index is 1.75. The number of anilines is 1. The maximum absolute atomic E-state index is 12.8. The Morgan fingerprint density at radius 1 is 1.09 bits per heavy atom. The Kier molecular flexibility index (Phi) is 5.40. The lowest BCUT2D eigenvalue weighted by Gasteiger charge is -2.28. The molecule has 0 spiro atoms. The van der Waals surface area contributed by atoms with E-state index in [0.717, 1.165) is 24.4 Å². The van der Waals surface area contributed by atoms with Gasteiger partial charge in [0.15, 0.2) is 0 Å². The third-order valence-corrected chi connectivity index (χ3v) is 3.97. The average molecular weight is 310 g/mol. The molecule has 1 fully saturated rings. The predicted octanol–water partition coefficient (Wildman–Crippen LogP) is 2.60. The van der Waals surface area contributed by atoms with E-state index in [1.807, 2.05) is 65.6 Å².